The highest BCUT2D eigenvalue weighted by atomic mass is 35.5. The number of nitrogens with zero attached hydrogens (tertiary/aromatic N) is 1. The molecule has 2 aromatic rings. The number of hydrogen-bond acceptors (Lipinski definition) is 3. The quantitative estimate of drug-likeness (QED) is 0.810. The van der Waals surface area contributed by atoms with Crippen LogP contribution in [0.25, 0.3) is 10.8 Å². The summed E-state index contributed by atoms with van der Waals surface area (Å²) in [5.41, 5.74) is 2.84. The Kier molecular flexibility index (Phi) is 6.17. The van der Waals surface area contributed by atoms with Gasteiger partial charge in [0, 0.05) is 38.3 Å². The van der Waals surface area contributed by atoms with E-state index in [1.54, 1.807) is 6.07 Å². The van der Waals surface area contributed by atoms with Crippen molar-refractivity contribution < 1.29 is 18.0 Å². The Hall–Kier alpha value is -1.83. The SMILES string of the molecule is Cl.O=C(NCC(N1CCNCC1)C(F)(F)F)c1ccc2c3c(cccc13)CC2. The summed E-state index contributed by atoms with van der Waals surface area (Å²) in [6.45, 7) is 1.25. The molecule has 4 rings (SSSR count). The number of amides is 1. The molecule has 0 aromatic heterocycles. The zero-order valence-electron chi connectivity index (χ0n) is 15.3. The predicted octanol–water partition coefficient (Wildman–Crippen LogP) is 2.93. The fourth-order valence-electron chi connectivity index (χ4n) is 4.18. The van der Waals surface area contributed by atoms with Crippen molar-refractivity contribution in [3.05, 3.63) is 47.0 Å². The third-order valence-electron chi connectivity index (χ3n) is 5.55. The molecule has 1 aliphatic heterocycles. The molecule has 2 aromatic carbocycles. The molecule has 0 saturated carbocycles. The van der Waals surface area contributed by atoms with Crippen molar-refractivity contribution in [2.45, 2.75) is 25.1 Å². The Labute approximate surface area is 167 Å². The van der Waals surface area contributed by atoms with Crippen LogP contribution in [0.15, 0.2) is 30.3 Å². The summed E-state index contributed by atoms with van der Waals surface area (Å²) in [4.78, 5) is 14.1. The van der Waals surface area contributed by atoms with Crippen LogP contribution in [-0.4, -0.2) is 55.7 Å². The smallest absolute Gasteiger partial charge is 0.350 e. The molecule has 1 amide bonds. The number of rotatable bonds is 4. The summed E-state index contributed by atoms with van der Waals surface area (Å²) >= 11 is 0. The molecule has 1 fully saturated rings. The minimum atomic E-state index is -4.38. The van der Waals surface area contributed by atoms with Gasteiger partial charge in [0.2, 0.25) is 0 Å². The van der Waals surface area contributed by atoms with Crippen molar-refractivity contribution in [3.8, 4) is 0 Å². The Morgan fingerprint density at radius 3 is 2.46 bits per heavy atom. The van der Waals surface area contributed by atoms with Crippen molar-refractivity contribution in [1.29, 1.82) is 0 Å². The number of carbonyl (C=O) groups is 1. The molecule has 0 spiro atoms. The summed E-state index contributed by atoms with van der Waals surface area (Å²) < 4.78 is 40.5. The fourth-order valence-corrected chi connectivity index (χ4v) is 4.18. The van der Waals surface area contributed by atoms with Crippen molar-refractivity contribution in [1.82, 2.24) is 15.5 Å². The average Bonchev–Trinajstić information content (AvgIpc) is 3.07. The van der Waals surface area contributed by atoms with E-state index in [4.69, 9.17) is 0 Å². The van der Waals surface area contributed by atoms with E-state index in [0.29, 0.717) is 31.7 Å². The van der Waals surface area contributed by atoms with E-state index in [1.165, 1.54) is 16.0 Å². The standard InChI is InChI=1S/C20H22F3N3O.ClH/c21-20(22,23)17(26-10-8-24-9-11-26)12-25-19(27)16-7-6-14-5-4-13-2-1-3-15(16)18(13)14;/h1-3,6-7,17,24H,4-5,8-12H2,(H,25,27);1H. The number of halogens is 4. The minimum Gasteiger partial charge on any atom is -0.350 e. The zero-order chi connectivity index (χ0) is 19.0. The molecule has 1 heterocycles. The third-order valence-corrected chi connectivity index (χ3v) is 5.55. The van der Waals surface area contributed by atoms with Gasteiger partial charge in [-0.25, -0.2) is 0 Å². The molecule has 8 heteroatoms. The van der Waals surface area contributed by atoms with E-state index in [1.807, 2.05) is 24.3 Å². The summed E-state index contributed by atoms with van der Waals surface area (Å²) in [6, 6.07) is 7.81. The summed E-state index contributed by atoms with van der Waals surface area (Å²) in [6.07, 6.45) is -2.50. The first kappa shape index (κ1) is 20.9. The van der Waals surface area contributed by atoms with Gasteiger partial charge in [0.1, 0.15) is 6.04 Å². The van der Waals surface area contributed by atoms with Gasteiger partial charge < -0.3 is 10.6 Å². The van der Waals surface area contributed by atoms with Gasteiger partial charge in [-0.2, -0.15) is 13.2 Å². The molecule has 1 saturated heterocycles. The van der Waals surface area contributed by atoms with Crippen LogP contribution < -0.4 is 10.6 Å². The Morgan fingerprint density at radius 1 is 1.11 bits per heavy atom. The molecular weight excluding hydrogens is 391 g/mol. The lowest BCUT2D eigenvalue weighted by Gasteiger charge is -2.35. The molecule has 152 valence electrons. The van der Waals surface area contributed by atoms with Gasteiger partial charge >= 0.3 is 6.18 Å². The molecular formula is C20H23ClF3N3O. The van der Waals surface area contributed by atoms with Gasteiger partial charge in [-0.3, -0.25) is 9.69 Å². The van der Waals surface area contributed by atoms with E-state index >= 15 is 0 Å². The van der Waals surface area contributed by atoms with Crippen LogP contribution >= 0.6 is 12.4 Å². The van der Waals surface area contributed by atoms with Crippen LogP contribution in [0, 0.1) is 0 Å². The fraction of sp³-hybridized carbons (Fsp3) is 0.450. The van der Waals surface area contributed by atoms with Crippen LogP contribution in [0.1, 0.15) is 21.5 Å². The molecule has 2 N–H and O–H groups in total. The van der Waals surface area contributed by atoms with E-state index in [2.05, 4.69) is 10.6 Å². The van der Waals surface area contributed by atoms with Gasteiger partial charge in [0.15, 0.2) is 0 Å². The minimum absolute atomic E-state index is 0. The second-order valence-electron chi connectivity index (χ2n) is 7.17. The van der Waals surface area contributed by atoms with Gasteiger partial charge in [0.25, 0.3) is 5.91 Å². The second-order valence-corrected chi connectivity index (χ2v) is 7.17. The molecule has 4 nitrogen and oxygen atoms in total. The van der Waals surface area contributed by atoms with Crippen LogP contribution in [-0.2, 0) is 12.8 Å². The van der Waals surface area contributed by atoms with Gasteiger partial charge in [-0.05, 0) is 40.8 Å². The van der Waals surface area contributed by atoms with Crippen molar-refractivity contribution in [2.75, 3.05) is 32.7 Å². The summed E-state index contributed by atoms with van der Waals surface area (Å²) in [5.74, 6) is -0.449. The Bertz CT molecular complexity index is 855. The van der Waals surface area contributed by atoms with Crippen molar-refractivity contribution in [3.63, 3.8) is 0 Å². The predicted molar refractivity (Wildman–Crippen MR) is 105 cm³/mol. The number of benzene rings is 2. The highest BCUT2D eigenvalue weighted by molar-refractivity contribution is 6.09. The maximum Gasteiger partial charge on any atom is 0.405 e. The van der Waals surface area contributed by atoms with Crippen LogP contribution in [0.2, 0.25) is 0 Å². The van der Waals surface area contributed by atoms with Gasteiger partial charge in [0.05, 0.1) is 0 Å². The lowest BCUT2D eigenvalue weighted by molar-refractivity contribution is -0.183. The van der Waals surface area contributed by atoms with Crippen molar-refractivity contribution >= 4 is 29.1 Å². The zero-order valence-corrected chi connectivity index (χ0v) is 16.1. The molecule has 28 heavy (non-hydrogen) atoms. The second kappa shape index (κ2) is 8.27. The number of carbonyl (C=O) groups excluding carboxylic acids is 1. The van der Waals surface area contributed by atoms with Gasteiger partial charge in [-0.15, -0.1) is 12.4 Å². The topological polar surface area (TPSA) is 44.4 Å². The molecule has 1 unspecified atom stereocenters. The van der Waals surface area contributed by atoms with Crippen molar-refractivity contribution in [2.24, 2.45) is 0 Å². The Balaban J connectivity index is 0.00000225. The molecule has 1 aliphatic carbocycles. The van der Waals surface area contributed by atoms with Crippen LogP contribution in [0.4, 0.5) is 13.2 Å². The first-order valence-corrected chi connectivity index (χ1v) is 9.28. The molecule has 0 radical (unpaired) electrons. The molecule has 2 aliphatic rings. The maximum atomic E-state index is 13.5. The number of piperazine rings is 1. The number of alkyl halides is 3. The molecule has 0 bridgehead atoms. The lowest BCUT2D eigenvalue weighted by atomic mass is 9.99. The van der Waals surface area contributed by atoms with E-state index < -0.39 is 24.7 Å². The number of aryl methyl sites for hydroxylation is 2. The van der Waals surface area contributed by atoms with Crippen LogP contribution in [0.5, 0.6) is 0 Å². The van der Waals surface area contributed by atoms with E-state index in [0.717, 1.165) is 23.6 Å². The summed E-state index contributed by atoms with van der Waals surface area (Å²) in [7, 11) is 0. The monoisotopic (exact) mass is 413 g/mol. The van der Waals surface area contributed by atoms with E-state index in [9.17, 15) is 18.0 Å². The Morgan fingerprint density at radius 2 is 1.79 bits per heavy atom. The van der Waals surface area contributed by atoms with Gasteiger partial charge in [-0.1, -0.05) is 24.3 Å². The lowest BCUT2D eigenvalue weighted by Crippen LogP contribution is -2.57. The maximum absolute atomic E-state index is 13.5. The normalized spacial score (nSPS) is 18.0. The summed E-state index contributed by atoms with van der Waals surface area (Å²) in [5, 5.41) is 7.49. The highest BCUT2D eigenvalue weighted by Crippen LogP contribution is 2.33. The number of nitrogens with one attached hydrogen (secondary N) is 2. The third kappa shape index (κ3) is 3.97. The van der Waals surface area contributed by atoms with Crippen LogP contribution in [0.3, 0.4) is 0 Å². The first-order valence-electron chi connectivity index (χ1n) is 9.28. The van der Waals surface area contributed by atoms with E-state index in [-0.39, 0.29) is 12.4 Å². The largest absolute Gasteiger partial charge is 0.405 e. The molecule has 1 atom stereocenters. The number of hydrogen-bond donors (Lipinski definition) is 2. The highest BCUT2D eigenvalue weighted by Gasteiger charge is 2.43. The first-order chi connectivity index (χ1) is 12.9. The average molecular weight is 414 g/mol.